The first-order valence-electron chi connectivity index (χ1n) is 5.83. The van der Waals surface area contributed by atoms with E-state index in [2.05, 4.69) is 0 Å². The maximum Gasteiger partial charge on any atom is 0.227 e. The Labute approximate surface area is 101 Å². The van der Waals surface area contributed by atoms with E-state index < -0.39 is 6.10 Å². The van der Waals surface area contributed by atoms with Gasteiger partial charge in [-0.3, -0.25) is 4.79 Å². The minimum absolute atomic E-state index is 0.137. The van der Waals surface area contributed by atoms with Gasteiger partial charge in [0.15, 0.2) is 0 Å². The van der Waals surface area contributed by atoms with Gasteiger partial charge >= 0.3 is 0 Å². The number of rotatable bonds is 2. The topological polar surface area (TPSA) is 66.6 Å². The van der Waals surface area contributed by atoms with E-state index in [1.807, 2.05) is 18.2 Å². The molecule has 2 unspecified atom stereocenters. The number of fused-ring (bicyclic) bond motifs is 1. The zero-order chi connectivity index (χ0) is 12.6. The van der Waals surface area contributed by atoms with Gasteiger partial charge < -0.3 is 15.7 Å². The minimum Gasteiger partial charge on any atom is -0.387 e. The third kappa shape index (κ3) is 2.18. The van der Waals surface area contributed by atoms with Crippen molar-refractivity contribution in [3.05, 3.63) is 29.3 Å². The second kappa shape index (κ2) is 4.47. The summed E-state index contributed by atoms with van der Waals surface area (Å²) in [6.45, 7) is 1.78. The molecule has 0 aliphatic carbocycles. The average molecular weight is 234 g/mol. The van der Waals surface area contributed by atoms with Crippen molar-refractivity contribution in [2.24, 2.45) is 5.73 Å². The van der Waals surface area contributed by atoms with Crippen molar-refractivity contribution in [2.75, 3.05) is 11.9 Å². The standard InChI is InChI=1S/C13H18N2O2/c1-8(14)13(17)10-3-5-11-9(7-10)4-6-12(16)15(11)2/h3,5,7-8,13,17H,4,6,14H2,1-2H3. The Morgan fingerprint density at radius 3 is 2.76 bits per heavy atom. The molecule has 1 aliphatic heterocycles. The van der Waals surface area contributed by atoms with Gasteiger partial charge in [0.25, 0.3) is 0 Å². The monoisotopic (exact) mass is 234 g/mol. The van der Waals surface area contributed by atoms with E-state index in [-0.39, 0.29) is 11.9 Å². The number of hydrogen-bond acceptors (Lipinski definition) is 3. The Kier molecular flexibility index (Phi) is 3.17. The molecular formula is C13H18N2O2. The normalized spacial score (nSPS) is 18.8. The summed E-state index contributed by atoms with van der Waals surface area (Å²) < 4.78 is 0. The molecule has 0 bridgehead atoms. The van der Waals surface area contributed by atoms with E-state index in [1.54, 1.807) is 18.9 Å². The molecule has 0 spiro atoms. The second-order valence-corrected chi connectivity index (χ2v) is 4.64. The molecule has 0 aromatic heterocycles. The summed E-state index contributed by atoms with van der Waals surface area (Å²) in [7, 11) is 1.78. The Hall–Kier alpha value is -1.39. The van der Waals surface area contributed by atoms with Crippen molar-refractivity contribution in [1.29, 1.82) is 0 Å². The van der Waals surface area contributed by atoms with Gasteiger partial charge in [-0.2, -0.15) is 0 Å². The highest BCUT2D eigenvalue weighted by molar-refractivity contribution is 5.95. The summed E-state index contributed by atoms with van der Waals surface area (Å²) in [6.07, 6.45) is 0.613. The summed E-state index contributed by atoms with van der Waals surface area (Å²) in [5, 5.41) is 9.91. The van der Waals surface area contributed by atoms with E-state index in [1.165, 1.54) is 0 Å². The van der Waals surface area contributed by atoms with Gasteiger partial charge in [0.2, 0.25) is 5.91 Å². The Morgan fingerprint density at radius 1 is 1.41 bits per heavy atom. The maximum absolute atomic E-state index is 11.5. The van der Waals surface area contributed by atoms with Crippen LogP contribution in [-0.2, 0) is 11.2 Å². The number of benzene rings is 1. The quantitative estimate of drug-likeness (QED) is 0.801. The molecule has 1 heterocycles. The van der Waals surface area contributed by atoms with Gasteiger partial charge in [0, 0.05) is 25.2 Å². The highest BCUT2D eigenvalue weighted by Gasteiger charge is 2.22. The number of carbonyl (C=O) groups excluding carboxylic acids is 1. The summed E-state index contributed by atoms with van der Waals surface area (Å²) in [5.41, 5.74) is 8.53. The van der Waals surface area contributed by atoms with Crippen LogP contribution in [0.3, 0.4) is 0 Å². The Morgan fingerprint density at radius 2 is 2.12 bits per heavy atom. The van der Waals surface area contributed by atoms with Crippen molar-refractivity contribution in [2.45, 2.75) is 31.9 Å². The van der Waals surface area contributed by atoms with E-state index in [9.17, 15) is 9.90 Å². The van der Waals surface area contributed by atoms with Crippen LogP contribution in [-0.4, -0.2) is 24.1 Å². The molecule has 1 aliphatic rings. The average Bonchev–Trinajstić information content (AvgIpc) is 2.32. The molecule has 0 saturated heterocycles. The predicted octanol–water partition coefficient (Wildman–Crippen LogP) is 0.976. The fourth-order valence-electron chi connectivity index (χ4n) is 2.16. The van der Waals surface area contributed by atoms with Crippen LogP contribution in [0.4, 0.5) is 5.69 Å². The van der Waals surface area contributed by atoms with Gasteiger partial charge in [-0.1, -0.05) is 12.1 Å². The minimum atomic E-state index is -0.650. The van der Waals surface area contributed by atoms with Crippen LogP contribution in [0.2, 0.25) is 0 Å². The zero-order valence-corrected chi connectivity index (χ0v) is 10.2. The predicted molar refractivity (Wildman–Crippen MR) is 66.8 cm³/mol. The molecule has 1 aromatic rings. The van der Waals surface area contributed by atoms with Crippen LogP contribution in [0.15, 0.2) is 18.2 Å². The van der Waals surface area contributed by atoms with Crippen molar-refractivity contribution < 1.29 is 9.90 Å². The van der Waals surface area contributed by atoms with Gasteiger partial charge in [-0.15, -0.1) is 0 Å². The first-order chi connectivity index (χ1) is 8.00. The van der Waals surface area contributed by atoms with E-state index in [0.717, 1.165) is 23.2 Å². The van der Waals surface area contributed by atoms with Crippen LogP contribution < -0.4 is 10.6 Å². The van der Waals surface area contributed by atoms with Crippen molar-refractivity contribution in [1.82, 2.24) is 0 Å². The summed E-state index contributed by atoms with van der Waals surface area (Å²) >= 11 is 0. The zero-order valence-electron chi connectivity index (χ0n) is 10.2. The first kappa shape index (κ1) is 12.1. The lowest BCUT2D eigenvalue weighted by Crippen LogP contribution is -2.31. The molecule has 3 N–H and O–H groups in total. The smallest absolute Gasteiger partial charge is 0.227 e. The van der Waals surface area contributed by atoms with Crippen LogP contribution in [0.25, 0.3) is 0 Å². The molecule has 0 saturated carbocycles. The number of hydrogen-bond donors (Lipinski definition) is 2. The fourth-order valence-corrected chi connectivity index (χ4v) is 2.16. The number of amides is 1. The number of nitrogens with zero attached hydrogens (tertiary/aromatic N) is 1. The number of aliphatic hydroxyl groups is 1. The van der Waals surface area contributed by atoms with E-state index in [0.29, 0.717) is 6.42 Å². The number of nitrogens with two attached hydrogens (primary N) is 1. The lowest BCUT2D eigenvalue weighted by molar-refractivity contribution is -0.118. The number of anilines is 1. The van der Waals surface area contributed by atoms with E-state index in [4.69, 9.17) is 5.73 Å². The summed E-state index contributed by atoms with van der Waals surface area (Å²) in [4.78, 5) is 13.2. The van der Waals surface area contributed by atoms with Gasteiger partial charge in [0.05, 0.1) is 6.10 Å². The van der Waals surface area contributed by atoms with Crippen LogP contribution in [0.5, 0.6) is 0 Å². The lowest BCUT2D eigenvalue weighted by Gasteiger charge is -2.27. The molecule has 92 valence electrons. The molecule has 4 heteroatoms. The van der Waals surface area contributed by atoms with Gasteiger partial charge in [0.1, 0.15) is 0 Å². The number of aliphatic hydroxyl groups excluding tert-OH is 1. The molecule has 2 rings (SSSR count). The third-order valence-corrected chi connectivity index (χ3v) is 3.29. The molecule has 0 radical (unpaired) electrons. The lowest BCUT2D eigenvalue weighted by atomic mass is 9.95. The maximum atomic E-state index is 11.5. The number of carbonyl (C=O) groups is 1. The summed E-state index contributed by atoms with van der Waals surface area (Å²) in [5.74, 6) is 0.137. The molecule has 0 fully saturated rings. The SMILES string of the molecule is CC(N)C(O)c1ccc2c(c1)CCC(=O)N2C. The van der Waals surface area contributed by atoms with Crippen molar-refractivity contribution in [3.63, 3.8) is 0 Å². The highest BCUT2D eigenvalue weighted by Crippen LogP contribution is 2.29. The first-order valence-corrected chi connectivity index (χ1v) is 5.83. The van der Waals surface area contributed by atoms with Crippen molar-refractivity contribution in [3.8, 4) is 0 Å². The third-order valence-electron chi connectivity index (χ3n) is 3.29. The van der Waals surface area contributed by atoms with Crippen LogP contribution in [0.1, 0.15) is 30.6 Å². The molecule has 2 atom stereocenters. The largest absolute Gasteiger partial charge is 0.387 e. The summed E-state index contributed by atoms with van der Waals surface area (Å²) in [6, 6.07) is 5.37. The molecule has 1 aromatic carbocycles. The second-order valence-electron chi connectivity index (χ2n) is 4.64. The molecule has 1 amide bonds. The molecule has 17 heavy (non-hydrogen) atoms. The van der Waals surface area contributed by atoms with Gasteiger partial charge in [-0.25, -0.2) is 0 Å². The molecular weight excluding hydrogens is 216 g/mol. The molecule has 4 nitrogen and oxygen atoms in total. The van der Waals surface area contributed by atoms with Crippen LogP contribution >= 0.6 is 0 Å². The van der Waals surface area contributed by atoms with E-state index >= 15 is 0 Å². The van der Waals surface area contributed by atoms with Crippen molar-refractivity contribution >= 4 is 11.6 Å². The highest BCUT2D eigenvalue weighted by atomic mass is 16.3. The fraction of sp³-hybridized carbons (Fsp3) is 0.462. The number of aryl methyl sites for hydroxylation is 1. The Balaban J connectivity index is 2.35. The van der Waals surface area contributed by atoms with Gasteiger partial charge in [-0.05, 0) is 30.5 Å². The van der Waals surface area contributed by atoms with Crippen LogP contribution in [0, 0.1) is 0 Å². The Bertz CT molecular complexity index is 443.